The number of nitrogens with zero attached hydrogens (tertiary/aromatic N) is 5. The van der Waals surface area contributed by atoms with E-state index in [4.69, 9.17) is 4.98 Å². The van der Waals surface area contributed by atoms with Crippen LogP contribution in [-0.2, 0) is 10.5 Å². The van der Waals surface area contributed by atoms with Gasteiger partial charge < -0.3 is 0 Å². The third-order valence-corrected chi connectivity index (χ3v) is 7.51. The second kappa shape index (κ2) is 9.11. The van der Waals surface area contributed by atoms with E-state index in [2.05, 4.69) is 26.9 Å². The first-order valence-electron chi connectivity index (χ1n) is 11.0. The van der Waals surface area contributed by atoms with Crippen LogP contribution in [0, 0.1) is 13.8 Å². The van der Waals surface area contributed by atoms with Gasteiger partial charge in [0.05, 0.1) is 11.4 Å². The Labute approximate surface area is 201 Å². The fraction of sp³-hybridized carbons (Fsp3) is 0.280. The fourth-order valence-corrected chi connectivity index (χ4v) is 5.78. The lowest BCUT2D eigenvalue weighted by atomic mass is 10.1. The van der Waals surface area contributed by atoms with Gasteiger partial charge in [-0.15, -0.1) is 21.5 Å². The maximum atomic E-state index is 12.6. The fourth-order valence-electron chi connectivity index (χ4n) is 3.95. The summed E-state index contributed by atoms with van der Waals surface area (Å²) >= 11 is 3.12. The Hall–Kier alpha value is -2.97. The predicted molar refractivity (Wildman–Crippen MR) is 134 cm³/mol. The Morgan fingerprint density at radius 3 is 2.48 bits per heavy atom. The van der Waals surface area contributed by atoms with Crippen LogP contribution in [0.5, 0.6) is 0 Å². The average Bonchev–Trinajstić information content (AvgIpc) is 3.39. The van der Waals surface area contributed by atoms with E-state index in [1.54, 1.807) is 23.6 Å². The maximum absolute atomic E-state index is 12.6. The molecule has 2 aromatic heterocycles. The van der Waals surface area contributed by atoms with Gasteiger partial charge in [-0.1, -0.05) is 48.2 Å². The lowest BCUT2D eigenvalue weighted by Gasteiger charge is -2.22. The molecule has 0 unspecified atom stereocenters. The van der Waals surface area contributed by atoms with E-state index in [0.29, 0.717) is 16.8 Å². The molecule has 0 atom stereocenters. The van der Waals surface area contributed by atoms with Gasteiger partial charge in [0.1, 0.15) is 5.82 Å². The van der Waals surface area contributed by atoms with Crippen molar-refractivity contribution >= 4 is 39.8 Å². The Morgan fingerprint density at radius 2 is 1.82 bits per heavy atom. The molecule has 5 rings (SSSR count). The van der Waals surface area contributed by atoms with E-state index in [1.807, 2.05) is 55.6 Å². The third-order valence-electron chi connectivity index (χ3n) is 5.67. The van der Waals surface area contributed by atoms with E-state index < -0.39 is 0 Å². The molecule has 0 bridgehead atoms. The van der Waals surface area contributed by atoms with Gasteiger partial charge in [0.25, 0.3) is 0 Å². The van der Waals surface area contributed by atoms with E-state index in [9.17, 15) is 4.79 Å². The molecule has 1 saturated carbocycles. The number of amides is 1. The number of carbonyl (C=O) groups excluding carboxylic acids is 1. The minimum Gasteiger partial charge on any atom is -0.274 e. The summed E-state index contributed by atoms with van der Waals surface area (Å²) in [5, 5.41) is 12.6. The van der Waals surface area contributed by atoms with Gasteiger partial charge in [0.15, 0.2) is 10.3 Å². The van der Waals surface area contributed by atoms with Gasteiger partial charge in [0.2, 0.25) is 5.91 Å². The first-order chi connectivity index (χ1) is 16.0. The van der Waals surface area contributed by atoms with E-state index in [-0.39, 0.29) is 5.91 Å². The van der Waals surface area contributed by atoms with Crippen molar-refractivity contribution in [3.8, 4) is 5.69 Å². The molecular weight excluding hydrogens is 450 g/mol. The van der Waals surface area contributed by atoms with Gasteiger partial charge in [-0.25, -0.2) is 4.98 Å². The molecule has 6 nitrogen and oxygen atoms in total. The minimum atomic E-state index is -0.0427. The van der Waals surface area contributed by atoms with Gasteiger partial charge >= 0.3 is 0 Å². The molecule has 1 fully saturated rings. The third kappa shape index (κ3) is 4.45. The summed E-state index contributed by atoms with van der Waals surface area (Å²) in [7, 11) is 0. The molecule has 0 aliphatic heterocycles. The highest BCUT2D eigenvalue weighted by atomic mass is 32.2. The monoisotopic (exact) mass is 475 g/mol. The molecule has 1 amide bonds. The summed E-state index contributed by atoms with van der Waals surface area (Å²) in [6, 6.07) is 16.3. The summed E-state index contributed by atoms with van der Waals surface area (Å²) in [5.74, 6) is 2.16. The molecular formula is C25H25N5OS2. The molecule has 0 radical (unpaired) electrons. The number of hydrogen-bond acceptors (Lipinski definition) is 6. The highest BCUT2D eigenvalue weighted by Gasteiger charge is 2.31. The first-order valence-corrected chi connectivity index (χ1v) is 12.8. The van der Waals surface area contributed by atoms with Crippen LogP contribution in [-0.4, -0.2) is 25.7 Å². The van der Waals surface area contributed by atoms with Gasteiger partial charge in [-0.2, -0.15) is 0 Å². The number of rotatable bonds is 7. The number of anilines is 2. The minimum absolute atomic E-state index is 0.0427. The SMILES string of the molecule is CC(=O)N(c1nc(CSc2nnc(C3CC3)n2-c2ccccc2)cs1)c1c(C)cccc1C. The zero-order chi connectivity index (χ0) is 22.9. The lowest BCUT2D eigenvalue weighted by Crippen LogP contribution is -2.24. The van der Waals surface area contributed by atoms with Crippen LogP contribution in [0.25, 0.3) is 5.69 Å². The Kier molecular flexibility index (Phi) is 6.03. The quantitative estimate of drug-likeness (QED) is 0.298. The highest BCUT2D eigenvalue weighted by Crippen LogP contribution is 2.41. The zero-order valence-corrected chi connectivity index (χ0v) is 20.5. The van der Waals surface area contributed by atoms with Gasteiger partial charge in [0, 0.05) is 29.7 Å². The lowest BCUT2D eigenvalue weighted by molar-refractivity contribution is -0.115. The smallest absolute Gasteiger partial charge is 0.230 e. The van der Waals surface area contributed by atoms with Crippen LogP contribution in [0.4, 0.5) is 10.8 Å². The van der Waals surface area contributed by atoms with Crippen molar-refractivity contribution in [2.75, 3.05) is 4.90 Å². The number of aryl methyl sites for hydroxylation is 2. The number of benzene rings is 2. The number of carbonyl (C=O) groups is 1. The molecule has 2 aromatic carbocycles. The normalized spacial score (nSPS) is 13.3. The van der Waals surface area contributed by atoms with E-state index in [1.165, 1.54) is 24.2 Å². The van der Waals surface area contributed by atoms with Crippen molar-refractivity contribution in [2.45, 2.75) is 50.4 Å². The molecule has 0 N–H and O–H groups in total. The molecule has 168 valence electrons. The molecule has 0 spiro atoms. The summed E-state index contributed by atoms with van der Waals surface area (Å²) in [6.45, 7) is 5.64. The maximum Gasteiger partial charge on any atom is 0.230 e. The molecule has 4 aromatic rings. The van der Waals surface area contributed by atoms with Crippen LogP contribution in [0.1, 0.15) is 48.3 Å². The van der Waals surface area contributed by atoms with Gasteiger partial charge in [-0.3, -0.25) is 14.3 Å². The molecule has 0 saturated heterocycles. The largest absolute Gasteiger partial charge is 0.274 e. The van der Waals surface area contributed by atoms with Crippen molar-refractivity contribution in [1.29, 1.82) is 0 Å². The van der Waals surface area contributed by atoms with Crippen molar-refractivity contribution < 1.29 is 4.79 Å². The molecule has 2 heterocycles. The van der Waals surface area contributed by atoms with Crippen molar-refractivity contribution in [2.24, 2.45) is 0 Å². The summed E-state index contributed by atoms with van der Waals surface area (Å²) in [5.41, 5.74) is 5.04. The Balaban J connectivity index is 1.40. The predicted octanol–water partition coefficient (Wildman–Crippen LogP) is 6.19. The number of para-hydroxylation sites is 2. The molecule has 8 heteroatoms. The standard InChI is InChI=1S/C25H25N5OS2/c1-16-8-7-9-17(2)22(16)29(18(3)31)24-26-20(14-32-24)15-33-25-28-27-23(19-12-13-19)30(25)21-10-5-4-6-11-21/h4-11,14,19H,12-13,15H2,1-3H3. The Bertz CT molecular complexity index is 1270. The number of hydrogen-bond donors (Lipinski definition) is 0. The topological polar surface area (TPSA) is 63.9 Å². The van der Waals surface area contributed by atoms with Crippen molar-refractivity contribution in [1.82, 2.24) is 19.7 Å². The number of thiazole rings is 1. The zero-order valence-electron chi connectivity index (χ0n) is 18.9. The molecule has 33 heavy (non-hydrogen) atoms. The second-order valence-corrected chi connectivity index (χ2v) is 10.1. The first kappa shape index (κ1) is 21.9. The van der Waals surface area contributed by atoms with Crippen molar-refractivity contribution in [3.63, 3.8) is 0 Å². The summed E-state index contributed by atoms with van der Waals surface area (Å²) in [4.78, 5) is 19.1. The molecule has 1 aliphatic rings. The van der Waals surface area contributed by atoms with Crippen molar-refractivity contribution in [3.05, 3.63) is 76.6 Å². The van der Waals surface area contributed by atoms with Crippen LogP contribution in [0.2, 0.25) is 0 Å². The van der Waals surface area contributed by atoms with Crippen LogP contribution in [0.15, 0.2) is 59.1 Å². The summed E-state index contributed by atoms with van der Waals surface area (Å²) in [6.07, 6.45) is 2.34. The van der Waals surface area contributed by atoms with Crippen LogP contribution >= 0.6 is 23.1 Å². The highest BCUT2D eigenvalue weighted by molar-refractivity contribution is 7.98. The molecule has 1 aliphatic carbocycles. The summed E-state index contributed by atoms with van der Waals surface area (Å²) < 4.78 is 2.17. The average molecular weight is 476 g/mol. The van der Waals surface area contributed by atoms with E-state index in [0.717, 1.165) is 39.2 Å². The van der Waals surface area contributed by atoms with Crippen LogP contribution < -0.4 is 4.90 Å². The Morgan fingerprint density at radius 1 is 1.09 bits per heavy atom. The number of thioether (sulfide) groups is 1. The second-order valence-electron chi connectivity index (χ2n) is 8.29. The van der Waals surface area contributed by atoms with Crippen LogP contribution in [0.3, 0.4) is 0 Å². The van der Waals surface area contributed by atoms with E-state index >= 15 is 0 Å². The van der Waals surface area contributed by atoms with Gasteiger partial charge in [-0.05, 0) is 49.9 Å². The number of aromatic nitrogens is 4.